The van der Waals surface area contributed by atoms with E-state index < -0.39 is 63.5 Å². The summed E-state index contributed by atoms with van der Waals surface area (Å²) in [6.07, 6.45) is 3.14. The number of nitrogens with zero attached hydrogens (tertiary/aromatic N) is 1. The summed E-state index contributed by atoms with van der Waals surface area (Å²) in [6, 6.07) is 0. The Kier molecular flexibility index (Phi) is 8.79. The minimum atomic E-state index is -2.26. The molecule has 2 N–H and O–H groups in total. The molecule has 10 heteroatoms. The monoisotopic (exact) mass is 571 g/mol. The summed E-state index contributed by atoms with van der Waals surface area (Å²) in [4.78, 5) is 41.6. The molecule has 2 aliphatic carbocycles. The number of piperidine rings is 1. The minimum absolute atomic E-state index is 0. The number of ether oxygens (including phenoxy) is 3. The third kappa shape index (κ3) is 4.86. The number of rotatable bonds is 5. The summed E-state index contributed by atoms with van der Waals surface area (Å²) in [7, 11) is 0. The van der Waals surface area contributed by atoms with Crippen molar-refractivity contribution in [2.24, 2.45) is 16.7 Å². The molecule has 222 valence electrons. The summed E-state index contributed by atoms with van der Waals surface area (Å²) >= 11 is 0. The van der Waals surface area contributed by atoms with Gasteiger partial charge in [0.15, 0.2) is 17.5 Å². The van der Waals surface area contributed by atoms with Crippen LogP contribution in [-0.4, -0.2) is 81.5 Å². The Balaban J connectivity index is 0.00000420. The number of fused-ring (bicyclic) bond motifs is 3. The second-order valence-corrected chi connectivity index (χ2v) is 13.1. The van der Waals surface area contributed by atoms with Gasteiger partial charge >= 0.3 is 11.9 Å². The topological polar surface area (TPSA) is 123 Å². The maximum atomic E-state index is 14.2. The minimum Gasteiger partial charge on any atom is -0.457 e. The van der Waals surface area contributed by atoms with Crippen LogP contribution in [0.3, 0.4) is 0 Å². The lowest BCUT2D eigenvalue weighted by atomic mass is 9.41. The van der Waals surface area contributed by atoms with Gasteiger partial charge in [-0.1, -0.05) is 27.2 Å². The molecule has 0 radical (unpaired) electrons. The maximum absolute atomic E-state index is 14.2. The molecule has 0 aromatic heterocycles. The number of ketones is 1. The summed E-state index contributed by atoms with van der Waals surface area (Å²) in [5.74, 6) is -2.24. The Morgan fingerprint density at radius 3 is 2.31 bits per heavy atom. The van der Waals surface area contributed by atoms with E-state index >= 15 is 0 Å². The molecule has 7 atom stereocenters. The average Bonchev–Trinajstić information content (AvgIpc) is 2.82. The summed E-state index contributed by atoms with van der Waals surface area (Å²) < 4.78 is 18.2. The molecule has 4 aliphatic rings. The zero-order chi connectivity index (χ0) is 28.3. The number of esters is 2. The van der Waals surface area contributed by atoms with Crippen LogP contribution < -0.4 is 0 Å². The van der Waals surface area contributed by atoms with E-state index in [1.807, 2.05) is 25.7 Å². The smallest absolute Gasteiger partial charge is 0.325 e. The van der Waals surface area contributed by atoms with Gasteiger partial charge in [-0.3, -0.25) is 19.3 Å². The Morgan fingerprint density at radius 2 is 1.74 bits per heavy atom. The van der Waals surface area contributed by atoms with Crippen molar-refractivity contribution in [2.75, 3.05) is 19.6 Å². The first-order chi connectivity index (χ1) is 17.6. The Morgan fingerprint density at radius 1 is 1.13 bits per heavy atom. The first kappa shape index (κ1) is 32.0. The van der Waals surface area contributed by atoms with Crippen LogP contribution in [0.4, 0.5) is 0 Å². The van der Waals surface area contributed by atoms with Crippen LogP contribution in [0, 0.1) is 16.7 Å². The molecule has 39 heavy (non-hydrogen) atoms. The van der Waals surface area contributed by atoms with E-state index in [0.717, 1.165) is 32.4 Å². The lowest BCUT2D eigenvalue weighted by Crippen LogP contribution is -2.85. The van der Waals surface area contributed by atoms with Gasteiger partial charge in [0, 0.05) is 19.3 Å². The SMILES string of the molecule is CC[C@@]1(C)CC(=O)[C@]2(O)[C@@]3(C)C(OC(=O)CN4CCCCC4)=CCC(C)(C)[C@@H]3[C@H](O)[C@H](OC(C)=O)[C@@]2(C)O1.Cl. The molecule has 2 heterocycles. The lowest BCUT2D eigenvalue weighted by Gasteiger charge is -2.69. The van der Waals surface area contributed by atoms with Gasteiger partial charge in [0.25, 0.3) is 0 Å². The molecule has 0 aromatic rings. The van der Waals surface area contributed by atoms with Crippen LogP contribution in [0.1, 0.15) is 87.0 Å². The number of carbonyl (C=O) groups is 3. The van der Waals surface area contributed by atoms with Gasteiger partial charge in [0.05, 0.1) is 23.7 Å². The molecule has 0 aromatic carbocycles. The van der Waals surface area contributed by atoms with Crippen molar-refractivity contribution in [1.29, 1.82) is 0 Å². The third-order valence-electron chi connectivity index (χ3n) is 9.92. The van der Waals surface area contributed by atoms with E-state index in [9.17, 15) is 24.6 Å². The number of carbonyl (C=O) groups excluding carboxylic acids is 3. The van der Waals surface area contributed by atoms with Crippen molar-refractivity contribution in [3.8, 4) is 0 Å². The average molecular weight is 572 g/mol. The highest BCUT2D eigenvalue weighted by atomic mass is 35.5. The Bertz CT molecular complexity index is 1020. The maximum Gasteiger partial charge on any atom is 0.325 e. The molecule has 9 nitrogen and oxygen atoms in total. The number of halogens is 1. The summed E-state index contributed by atoms with van der Waals surface area (Å²) in [5, 5.41) is 24.6. The van der Waals surface area contributed by atoms with Crippen molar-refractivity contribution in [3.63, 3.8) is 0 Å². The molecular weight excluding hydrogens is 526 g/mol. The van der Waals surface area contributed by atoms with Gasteiger partial charge in [0.1, 0.15) is 11.4 Å². The van der Waals surface area contributed by atoms with E-state index in [4.69, 9.17) is 14.2 Å². The molecular formula is C29H46ClNO8. The zero-order valence-electron chi connectivity index (χ0n) is 24.4. The largest absolute Gasteiger partial charge is 0.457 e. The molecule has 0 unspecified atom stereocenters. The van der Waals surface area contributed by atoms with Gasteiger partial charge in [-0.15, -0.1) is 12.4 Å². The van der Waals surface area contributed by atoms with Crippen molar-refractivity contribution in [3.05, 3.63) is 11.8 Å². The molecule has 0 amide bonds. The van der Waals surface area contributed by atoms with Gasteiger partial charge in [-0.25, -0.2) is 0 Å². The van der Waals surface area contributed by atoms with Crippen LogP contribution >= 0.6 is 12.4 Å². The number of likely N-dealkylation sites (tertiary alicyclic amines) is 1. The standard InChI is InChI=1S/C29H45NO8.ClH/c1-8-26(5)16-19(32)29(35)27(6)20(37-21(33)17-30-14-10-9-11-15-30)12-13-25(3,4)23(27)22(34)24(36-18(2)31)28(29,7)38-26;/h12,22-24,34-35H,8-11,13-17H2,1-7H3;1H/t22-,23-,24-,26-,27-,28+,29-;/m0./s1. The first-order valence-electron chi connectivity index (χ1n) is 14.0. The summed E-state index contributed by atoms with van der Waals surface area (Å²) in [5.41, 5.74) is -7.19. The van der Waals surface area contributed by atoms with Gasteiger partial charge in [0.2, 0.25) is 0 Å². The predicted molar refractivity (Wildman–Crippen MR) is 146 cm³/mol. The lowest BCUT2D eigenvalue weighted by molar-refractivity contribution is -0.356. The van der Waals surface area contributed by atoms with Crippen molar-refractivity contribution in [1.82, 2.24) is 4.90 Å². The summed E-state index contributed by atoms with van der Waals surface area (Å²) in [6.45, 7) is 13.7. The number of aliphatic hydroxyl groups excluding tert-OH is 1. The second kappa shape index (κ2) is 10.7. The van der Waals surface area contributed by atoms with Crippen LogP contribution in [-0.2, 0) is 28.6 Å². The Labute approximate surface area is 238 Å². The van der Waals surface area contributed by atoms with Crippen LogP contribution in [0.15, 0.2) is 11.8 Å². The zero-order valence-corrected chi connectivity index (χ0v) is 25.2. The van der Waals surface area contributed by atoms with E-state index in [0.29, 0.717) is 12.8 Å². The number of allylic oxidation sites excluding steroid dienone is 1. The predicted octanol–water partition coefficient (Wildman–Crippen LogP) is 3.33. The highest BCUT2D eigenvalue weighted by Gasteiger charge is 2.81. The van der Waals surface area contributed by atoms with Crippen molar-refractivity contribution in [2.45, 2.75) is 116 Å². The molecule has 2 saturated heterocycles. The highest BCUT2D eigenvalue weighted by Crippen LogP contribution is 2.67. The van der Waals surface area contributed by atoms with Crippen LogP contribution in [0.2, 0.25) is 0 Å². The molecule has 1 saturated carbocycles. The first-order valence-corrected chi connectivity index (χ1v) is 14.0. The Hall–Kier alpha value is -1.52. The van der Waals surface area contributed by atoms with Crippen LogP contribution in [0.5, 0.6) is 0 Å². The number of hydrogen-bond donors (Lipinski definition) is 2. The molecule has 0 bridgehead atoms. The van der Waals surface area contributed by atoms with E-state index in [1.54, 1.807) is 19.9 Å². The van der Waals surface area contributed by atoms with Gasteiger partial charge in [-0.2, -0.15) is 0 Å². The van der Waals surface area contributed by atoms with E-state index in [-0.39, 0.29) is 31.1 Å². The van der Waals surface area contributed by atoms with Crippen molar-refractivity contribution >= 4 is 30.1 Å². The normalized spacial score (nSPS) is 41.8. The molecule has 2 aliphatic heterocycles. The number of Topliss-reactive ketones (excluding diaryl/α,β-unsaturated/α-hetero) is 1. The van der Waals surface area contributed by atoms with E-state index in [2.05, 4.69) is 0 Å². The quantitative estimate of drug-likeness (QED) is 0.478. The van der Waals surface area contributed by atoms with Crippen molar-refractivity contribution < 1.29 is 38.8 Å². The second-order valence-electron chi connectivity index (χ2n) is 13.1. The molecule has 4 rings (SSSR count). The molecule has 3 fully saturated rings. The number of hydrogen-bond acceptors (Lipinski definition) is 9. The fourth-order valence-electron chi connectivity index (χ4n) is 7.93. The fraction of sp³-hybridized carbons (Fsp3) is 0.828. The third-order valence-corrected chi connectivity index (χ3v) is 9.92. The fourth-order valence-corrected chi connectivity index (χ4v) is 7.93. The molecule has 0 spiro atoms. The number of aliphatic hydroxyl groups is 2. The van der Waals surface area contributed by atoms with Gasteiger partial charge in [-0.05, 0) is 71.0 Å². The van der Waals surface area contributed by atoms with E-state index in [1.165, 1.54) is 13.8 Å². The van der Waals surface area contributed by atoms with Gasteiger partial charge < -0.3 is 24.4 Å². The van der Waals surface area contributed by atoms with Crippen LogP contribution in [0.25, 0.3) is 0 Å². The highest BCUT2D eigenvalue weighted by molar-refractivity contribution is 5.93.